The van der Waals surface area contributed by atoms with Crippen LogP contribution in [0.4, 0.5) is 21.6 Å². The third-order valence-electron chi connectivity index (χ3n) is 4.51. The summed E-state index contributed by atoms with van der Waals surface area (Å²) in [5.74, 6) is 1.07. The highest BCUT2D eigenvalue weighted by molar-refractivity contribution is 6.14. The molecule has 0 saturated heterocycles. The maximum atomic E-state index is 13.5. The molecule has 28 heavy (non-hydrogen) atoms. The van der Waals surface area contributed by atoms with Crippen molar-refractivity contribution in [1.29, 1.82) is 0 Å². The van der Waals surface area contributed by atoms with Crippen LogP contribution in [0.3, 0.4) is 0 Å². The van der Waals surface area contributed by atoms with Crippen molar-refractivity contribution in [2.45, 2.75) is 6.92 Å². The van der Waals surface area contributed by atoms with Crippen LogP contribution < -0.4 is 20.1 Å². The zero-order valence-electron chi connectivity index (χ0n) is 15.6. The van der Waals surface area contributed by atoms with Gasteiger partial charge in [-0.05, 0) is 30.3 Å². The van der Waals surface area contributed by atoms with Crippen molar-refractivity contribution in [2.24, 2.45) is 0 Å². The van der Waals surface area contributed by atoms with Gasteiger partial charge in [0.05, 0.1) is 25.6 Å². The molecule has 1 aliphatic heterocycles. The number of methoxy groups -OCH3 is 2. The predicted molar refractivity (Wildman–Crippen MR) is 106 cm³/mol. The van der Waals surface area contributed by atoms with Gasteiger partial charge < -0.3 is 20.1 Å². The van der Waals surface area contributed by atoms with Gasteiger partial charge in [-0.1, -0.05) is 6.07 Å². The lowest BCUT2D eigenvalue weighted by atomic mass is 10.1. The maximum absolute atomic E-state index is 13.5. The van der Waals surface area contributed by atoms with Crippen molar-refractivity contribution in [3.8, 4) is 22.8 Å². The maximum Gasteiger partial charge on any atom is 0.221 e. The van der Waals surface area contributed by atoms with Gasteiger partial charge in [0.1, 0.15) is 11.6 Å². The Bertz CT molecular complexity index is 1150. The number of hydrogen-bond donors (Lipinski definition) is 4. The molecule has 0 unspecified atom stereocenters. The Balaban J connectivity index is 1.89. The molecular weight excluding hydrogens is 363 g/mol. The van der Waals surface area contributed by atoms with Gasteiger partial charge in [-0.3, -0.25) is 15.0 Å². The van der Waals surface area contributed by atoms with E-state index in [0.29, 0.717) is 28.7 Å². The number of anilines is 3. The summed E-state index contributed by atoms with van der Waals surface area (Å²) < 4.78 is 24.4. The molecule has 4 rings (SSSR count). The largest absolute Gasteiger partial charge is 0.493 e. The summed E-state index contributed by atoms with van der Waals surface area (Å²) in [6.45, 7) is 1.43. The first-order valence-corrected chi connectivity index (χ1v) is 8.59. The predicted octanol–water partition coefficient (Wildman–Crippen LogP) is 4.46. The summed E-state index contributed by atoms with van der Waals surface area (Å²) >= 11 is 0. The molecule has 0 radical (unpaired) electrons. The fourth-order valence-corrected chi connectivity index (χ4v) is 3.36. The van der Waals surface area contributed by atoms with Gasteiger partial charge in [-0.2, -0.15) is 0 Å². The quantitative estimate of drug-likeness (QED) is 0.410. The molecule has 1 amide bonds. The van der Waals surface area contributed by atoms with E-state index in [1.54, 1.807) is 19.2 Å². The minimum Gasteiger partial charge on any atom is -0.493 e. The van der Waals surface area contributed by atoms with Crippen LogP contribution in [0.25, 0.3) is 22.0 Å². The highest BCUT2D eigenvalue weighted by Gasteiger charge is 2.24. The summed E-state index contributed by atoms with van der Waals surface area (Å²) in [5.41, 5.74) is 2.81. The molecule has 1 heterocycles. The Morgan fingerprint density at radius 1 is 1.07 bits per heavy atom. The van der Waals surface area contributed by atoms with E-state index < -0.39 is 0 Å². The van der Waals surface area contributed by atoms with E-state index in [9.17, 15) is 9.18 Å². The normalized spacial score (nSPS) is 11.0. The lowest BCUT2D eigenvalue weighted by Gasteiger charge is -2.14. The van der Waals surface area contributed by atoms with Gasteiger partial charge in [-0.25, -0.2) is 4.39 Å². The van der Waals surface area contributed by atoms with Gasteiger partial charge in [0.2, 0.25) is 5.91 Å². The number of aromatic amines is 2. The van der Waals surface area contributed by atoms with Gasteiger partial charge >= 0.3 is 0 Å². The number of halogens is 1. The number of nitrogens with one attached hydrogen (secondary N) is 4. The monoisotopic (exact) mass is 382 g/mol. The number of hydrogen-bond acceptors (Lipinski definition) is 4. The standard InChI is InChI=1S/C20H19FN4O3/c1-10(26)22-18-13-8-15-17(14(13)9-16(27-2)19(18)28-3)24-25-20(15)23-12-6-4-5-11(21)7-12/h4-9,23-25H,1-3H3,(H,22,26). The first kappa shape index (κ1) is 17.7. The second-order valence-corrected chi connectivity index (χ2v) is 6.32. The van der Waals surface area contributed by atoms with Gasteiger partial charge in [0, 0.05) is 28.9 Å². The molecule has 0 fully saturated rings. The highest BCUT2D eigenvalue weighted by atomic mass is 19.1. The van der Waals surface area contributed by atoms with Crippen molar-refractivity contribution >= 4 is 33.9 Å². The number of amides is 1. The Morgan fingerprint density at radius 3 is 2.57 bits per heavy atom. The smallest absolute Gasteiger partial charge is 0.221 e. The van der Waals surface area contributed by atoms with E-state index in [2.05, 4.69) is 20.8 Å². The second kappa shape index (κ2) is 6.80. The van der Waals surface area contributed by atoms with E-state index in [0.717, 1.165) is 22.0 Å². The first-order chi connectivity index (χ1) is 13.5. The van der Waals surface area contributed by atoms with Gasteiger partial charge in [-0.15, -0.1) is 0 Å². The Labute approximate surface area is 160 Å². The molecule has 8 heteroatoms. The molecule has 1 aliphatic carbocycles. The molecule has 0 saturated carbocycles. The van der Waals surface area contributed by atoms with Crippen LogP contribution in [0.1, 0.15) is 6.92 Å². The summed E-state index contributed by atoms with van der Waals surface area (Å²) in [6.07, 6.45) is 0. The average molecular weight is 382 g/mol. The second-order valence-electron chi connectivity index (χ2n) is 6.32. The summed E-state index contributed by atoms with van der Waals surface area (Å²) in [6, 6.07) is 9.96. The van der Waals surface area contributed by atoms with Crippen molar-refractivity contribution in [3.05, 3.63) is 42.2 Å². The number of fused-ring (bicyclic) bond motifs is 3. The molecule has 7 nitrogen and oxygen atoms in total. The fraction of sp³-hybridized carbons (Fsp3) is 0.150. The van der Waals surface area contributed by atoms with Gasteiger partial charge in [0.15, 0.2) is 11.5 Å². The third kappa shape index (κ3) is 2.88. The molecule has 0 spiro atoms. The van der Waals surface area contributed by atoms with E-state index in [1.807, 2.05) is 12.1 Å². The minimum atomic E-state index is -0.327. The van der Waals surface area contributed by atoms with E-state index in [4.69, 9.17) is 9.47 Å². The Hall–Kier alpha value is -3.68. The SMILES string of the molecule is COc1cc2c3[nH][nH]c(Nc4cccc(F)c4)c-3cc2c(NC(C)=O)c1OC. The zero-order chi connectivity index (χ0) is 19.8. The molecule has 0 atom stereocenters. The number of benzene rings is 2. The van der Waals surface area contributed by atoms with Crippen LogP contribution >= 0.6 is 0 Å². The van der Waals surface area contributed by atoms with Crippen LogP contribution in [0, 0.1) is 5.82 Å². The average Bonchev–Trinajstić information content (AvgIpc) is 3.21. The topological polar surface area (TPSA) is 91.2 Å². The fourth-order valence-electron chi connectivity index (χ4n) is 3.36. The Morgan fingerprint density at radius 2 is 1.89 bits per heavy atom. The number of ether oxygens (including phenoxy) is 2. The zero-order valence-corrected chi connectivity index (χ0v) is 15.6. The number of rotatable bonds is 5. The van der Waals surface area contributed by atoms with Crippen LogP contribution in [0.15, 0.2) is 36.4 Å². The van der Waals surface area contributed by atoms with Crippen LogP contribution in [-0.4, -0.2) is 30.3 Å². The van der Waals surface area contributed by atoms with Crippen LogP contribution in [0.2, 0.25) is 0 Å². The molecule has 144 valence electrons. The molecular formula is C20H19FN4O3. The minimum absolute atomic E-state index is 0.220. The van der Waals surface area contributed by atoms with Crippen molar-refractivity contribution in [2.75, 3.05) is 24.9 Å². The van der Waals surface area contributed by atoms with E-state index >= 15 is 0 Å². The van der Waals surface area contributed by atoms with E-state index in [1.165, 1.54) is 26.2 Å². The molecule has 2 aliphatic rings. The lowest BCUT2D eigenvalue weighted by molar-refractivity contribution is -0.114. The van der Waals surface area contributed by atoms with Crippen molar-refractivity contribution in [3.63, 3.8) is 0 Å². The highest BCUT2D eigenvalue weighted by Crippen LogP contribution is 2.48. The molecule has 0 aromatic heterocycles. The lowest BCUT2D eigenvalue weighted by Crippen LogP contribution is -2.08. The van der Waals surface area contributed by atoms with Crippen LogP contribution in [-0.2, 0) is 4.79 Å². The van der Waals surface area contributed by atoms with E-state index in [-0.39, 0.29) is 11.7 Å². The Kier molecular flexibility index (Phi) is 4.31. The first-order valence-electron chi connectivity index (χ1n) is 8.59. The van der Waals surface area contributed by atoms with Gasteiger partial charge in [0.25, 0.3) is 0 Å². The summed E-state index contributed by atoms with van der Waals surface area (Å²) in [5, 5.41) is 13.8. The number of carbonyl (C=O) groups is 1. The number of carbonyl (C=O) groups excluding carboxylic acids is 1. The number of aromatic nitrogens is 2. The number of H-pyrrole nitrogens is 2. The molecule has 2 aromatic carbocycles. The van der Waals surface area contributed by atoms with Crippen molar-refractivity contribution in [1.82, 2.24) is 10.2 Å². The molecule has 4 N–H and O–H groups in total. The third-order valence-corrected chi connectivity index (χ3v) is 4.51. The summed E-state index contributed by atoms with van der Waals surface area (Å²) in [7, 11) is 3.06. The molecule has 2 aromatic rings. The van der Waals surface area contributed by atoms with Crippen LogP contribution in [0.5, 0.6) is 11.5 Å². The van der Waals surface area contributed by atoms with Crippen molar-refractivity contribution < 1.29 is 18.7 Å². The summed E-state index contributed by atoms with van der Waals surface area (Å²) in [4.78, 5) is 11.7. The molecule has 0 bridgehead atoms.